The van der Waals surface area contributed by atoms with Gasteiger partial charge < -0.3 is 9.80 Å². The van der Waals surface area contributed by atoms with Gasteiger partial charge in [0.1, 0.15) is 11.9 Å². The van der Waals surface area contributed by atoms with Crippen LogP contribution in [0.25, 0.3) is 0 Å². The highest BCUT2D eigenvalue weighted by Crippen LogP contribution is 2.41. The molecule has 1 unspecified atom stereocenters. The van der Waals surface area contributed by atoms with Gasteiger partial charge in [0.15, 0.2) is 0 Å². The van der Waals surface area contributed by atoms with Crippen LogP contribution in [0.2, 0.25) is 0 Å². The van der Waals surface area contributed by atoms with Gasteiger partial charge in [0.05, 0.1) is 0 Å². The molecule has 0 bridgehead atoms. The van der Waals surface area contributed by atoms with Crippen LogP contribution in [0.3, 0.4) is 0 Å². The third-order valence-electron chi connectivity index (χ3n) is 6.06. The Morgan fingerprint density at radius 2 is 1.79 bits per heavy atom. The number of hydrogen-bond acceptors (Lipinski definition) is 3. The SMILES string of the molecule is CC(C)CN1CC2(CCN(C(=O)C(c3ccc(F)cc3)N(C)C)CC2)CC1=O. The first-order valence-electron chi connectivity index (χ1n) is 10.2. The first-order chi connectivity index (χ1) is 13.2. The highest BCUT2D eigenvalue weighted by atomic mass is 19.1. The molecule has 28 heavy (non-hydrogen) atoms. The molecule has 5 nitrogen and oxygen atoms in total. The van der Waals surface area contributed by atoms with E-state index in [1.54, 1.807) is 12.1 Å². The smallest absolute Gasteiger partial charge is 0.244 e. The molecule has 2 saturated heterocycles. The fourth-order valence-corrected chi connectivity index (χ4v) is 4.60. The highest BCUT2D eigenvalue weighted by molar-refractivity contribution is 5.83. The number of benzene rings is 1. The van der Waals surface area contributed by atoms with Crippen molar-refractivity contribution in [1.82, 2.24) is 14.7 Å². The van der Waals surface area contributed by atoms with Crippen molar-refractivity contribution in [2.24, 2.45) is 11.3 Å². The van der Waals surface area contributed by atoms with Gasteiger partial charge in [-0.1, -0.05) is 26.0 Å². The molecule has 2 aliphatic heterocycles. The van der Waals surface area contributed by atoms with E-state index >= 15 is 0 Å². The second kappa shape index (κ2) is 8.19. The van der Waals surface area contributed by atoms with Crippen LogP contribution in [0.1, 0.15) is 44.7 Å². The summed E-state index contributed by atoms with van der Waals surface area (Å²) in [5, 5.41) is 0. The number of likely N-dealkylation sites (tertiary alicyclic amines) is 2. The fraction of sp³-hybridized carbons (Fsp3) is 0.636. The minimum atomic E-state index is -0.419. The Bertz CT molecular complexity index is 709. The maximum absolute atomic E-state index is 13.3. The van der Waals surface area contributed by atoms with Gasteiger partial charge >= 0.3 is 0 Å². The molecule has 0 aromatic heterocycles. The largest absolute Gasteiger partial charge is 0.342 e. The van der Waals surface area contributed by atoms with Crippen molar-refractivity contribution in [3.05, 3.63) is 35.6 Å². The second-order valence-electron chi connectivity index (χ2n) is 9.09. The summed E-state index contributed by atoms with van der Waals surface area (Å²) in [6.07, 6.45) is 2.34. The van der Waals surface area contributed by atoms with Crippen LogP contribution < -0.4 is 0 Å². The van der Waals surface area contributed by atoms with Crippen LogP contribution in [-0.2, 0) is 9.59 Å². The van der Waals surface area contributed by atoms with Crippen molar-refractivity contribution in [1.29, 1.82) is 0 Å². The van der Waals surface area contributed by atoms with Gasteiger partial charge in [-0.2, -0.15) is 0 Å². The first-order valence-corrected chi connectivity index (χ1v) is 10.2. The number of halogens is 1. The van der Waals surface area contributed by atoms with Crippen molar-refractivity contribution in [2.45, 2.75) is 39.2 Å². The number of hydrogen-bond donors (Lipinski definition) is 0. The van der Waals surface area contributed by atoms with E-state index in [2.05, 4.69) is 13.8 Å². The predicted octanol–water partition coefficient (Wildman–Crippen LogP) is 2.93. The summed E-state index contributed by atoms with van der Waals surface area (Å²) in [5.41, 5.74) is 0.822. The molecule has 0 radical (unpaired) electrons. The third kappa shape index (κ3) is 4.37. The van der Waals surface area contributed by atoms with E-state index in [9.17, 15) is 14.0 Å². The zero-order chi connectivity index (χ0) is 20.5. The number of likely N-dealkylation sites (N-methyl/N-ethyl adjacent to an activating group) is 1. The predicted molar refractivity (Wildman–Crippen MR) is 107 cm³/mol. The molecular formula is C22H32FN3O2. The maximum atomic E-state index is 13.3. The van der Waals surface area contributed by atoms with E-state index in [0.29, 0.717) is 25.4 Å². The highest BCUT2D eigenvalue weighted by Gasteiger charge is 2.46. The van der Waals surface area contributed by atoms with Crippen molar-refractivity contribution < 1.29 is 14.0 Å². The number of carbonyl (C=O) groups is 2. The van der Waals surface area contributed by atoms with Gasteiger partial charge in [-0.3, -0.25) is 14.5 Å². The van der Waals surface area contributed by atoms with E-state index < -0.39 is 6.04 Å². The number of amides is 2. The maximum Gasteiger partial charge on any atom is 0.244 e. The van der Waals surface area contributed by atoms with Gasteiger partial charge in [0, 0.05) is 38.0 Å². The third-order valence-corrected chi connectivity index (χ3v) is 6.06. The average Bonchev–Trinajstić information content (AvgIpc) is 2.91. The van der Waals surface area contributed by atoms with Crippen molar-refractivity contribution in [3.8, 4) is 0 Å². The van der Waals surface area contributed by atoms with Crippen LogP contribution in [0.5, 0.6) is 0 Å². The molecule has 1 aromatic carbocycles. The normalized spacial score (nSPS) is 20.5. The van der Waals surface area contributed by atoms with Crippen LogP contribution in [0, 0.1) is 17.2 Å². The topological polar surface area (TPSA) is 43.9 Å². The summed E-state index contributed by atoms with van der Waals surface area (Å²) >= 11 is 0. The van der Waals surface area contributed by atoms with Crippen LogP contribution in [-0.4, -0.2) is 66.8 Å². The zero-order valence-electron chi connectivity index (χ0n) is 17.4. The Morgan fingerprint density at radius 3 is 2.32 bits per heavy atom. The first kappa shape index (κ1) is 20.8. The molecule has 2 aliphatic rings. The van der Waals surface area contributed by atoms with Crippen molar-refractivity contribution in [3.63, 3.8) is 0 Å². The number of rotatable bonds is 5. The summed E-state index contributed by atoms with van der Waals surface area (Å²) < 4.78 is 13.3. The minimum absolute atomic E-state index is 0.0201. The fourth-order valence-electron chi connectivity index (χ4n) is 4.60. The van der Waals surface area contributed by atoms with Crippen LogP contribution in [0.15, 0.2) is 24.3 Å². The Balaban J connectivity index is 1.66. The second-order valence-corrected chi connectivity index (χ2v) is 9.09. The molecule has 1 spiro atoms. The van der Waals surface area contributed by atoms with Gasteiger partial charge in [0.25, 0.3) is 0 Å². The molecular weight excluding hydrogens is 357 g/mol. The summed E-state index contributed by atoms with van der Waals surface area (Å²) in [5.74, 6) is 0.476. The van der Waals surface area contributed by atoms with Crippen LogP contribution >= 0.6 is 0 Å². The average molecular weight is 390 g/mol. The lowest BCUT2D eigenvalue weighted by Gasteiger charge is -2.41. The molecule has 2 heterocycles. The standard InChI is InChI=1S/C22H32FN3O2/c1-16(2)14-26-15-22(13-19(26)27)9-11-25(12-10-22)21(28)20(24(3)4)17-5-7-18(23)8-6-17/h5-8,16,20H,9-15H2,1-4H3. The quantitative estimate of drug-likeness (QED) is 0.778. The Kier molecular flexibility index (Phi) is 6.08. The molecule has 0 aliphatic carbocycles. The lowest BCUT2D eigenvalue weighted by atomic mass is 9.77. The van der Waals surface area contributed by atoms with Gasteiger partial charge in [-0.15, -0.1) is 0 Å². The van der Waals surface area contributed by atoms with E-state index in [-0.39, 0.29) is 23.0 Å². The van der Waals surface area contributed by atoms with E-state index in [0.717, 1.165) is 31.5 Å². The van der Waals surface area contributed by atoms with Gasteiger partial charge in [-0.25, -0.2) is 4.39 Å². The molecule has 1 aromatic rings. The number of carbonyl (C=O) groups excluding carboxylic acids is 2. The van der Waals surface area contributed by atoms with E-state index in [4.69, 9.17) is 0 Å². The number of piperidine rings is 1. The summed E-state index contributed by atoms with van der Waals surface area (Å²) in [4.78, 5) is 31.4. The Hall–Kier alpha value is -1.95. The Morgan fingerprint density at radius 1 is 1.18 bits per heavy atom. The number of nitrogens with zero attached hydrogens (tertiary/aromatic N) is 3. The summed E-state index contributed by atoms with van der Waals surface area (Å²) in [7, 11) is 3.74. The van der Waals surface area contributed by atoms with E-state index in [1.165, 1.54) is 12.1 Å². The molecule has 3 rings (SSSR count). The van der Waals surface area contributed by atoms with Crippen molar-refractivity contribution >= 4 is 11.8 Å². The van der Waals surface area contributed by atoms with Gasteiger partial charge in [0.2, 0.25) is 11.8 Å². The monoisotopic (exact) mass is 389 g/mol. The summed E-state index contributed by atoms with van der Waals surface area (Å²) in [6, 6.07) is 5.75. The zero-order valence-corrected chi connectivity index (χ0v) is 17.4. The van der Waals surface area contributed by atoms with Crippen molar-refractivity contribution in [2.75, 3.05) is 40.3 Å². The lowest BCUT2D eigenvalue weighted by molar-refractivity contribution is -0.138. The molecule has 2 fully saturated rings. The van der Waals surface area contributed by atoms with Crippen LogP contribution in [0.4, 0.5) is 4.39 Å². The van der Waals surface area contributed by atoms with E-state index in [1.807, 2.05) is 28.8 Å². The lowest BCUT2D eigenvalue weighted by Crippen LogP contribution is -2.48. The molecule has 2 amide bonds. The molecule has 6 heteroatoms. The minimum Gasteiger partial charge on any atom is -0.342 e. The molecule has 154 valence electrons. The molecule has 1 atom stereocenters. The van der Waals surface area contributed by atoms with Gasteiger partial charge in [-0.05, 0) is 50.6 Å². The molecule has 0 N–H and O–H groups in total. The molecule has 0 saturated carbocycles. The summed E-state index contributed by atoms with van der Waals surface area (Å²) in [6.45, 7) is 7.25. The Labute approximate surface area is 167 Å².